The van der Waals surface area contributed by atoms with Gasteiger partial charge in [0.2, 0.25) is 0 Å². The third-order valence-electron chi connectivity index (χ3n) is 3.65. The van der Waals surface area contributed by atoms with E-state index in [0.717, 1.165) is 0 Å². The lowest BCUT2D eigenvalue weighted by molar-refractivity contribution is -0.128. The highest BCUT2D eigenvalue weighted by Gasteiger charge is 2.18. The molecule has 27 heavy (non-hydrogen) atoms. The number of hydrogen-bond acceptors (Lipinski definition) is 5. The molecule has 2 aromatic rings. The first-order valence-corrected chi connectivity index (χ1v) is 8.41. The number of ether oxygens (including phenoxy) is 2. The van der Waals surface area contributed by atoms with Gasteiger partial charge >= 0.3 is 0 Å². The molecule has 0 spiro atoms. The molecule has 7 nitrogen and oxygen atoms in total. The van der Waals surface area contributed by atoms with E-state index < -0.39 is 17.9 Å². The van der Waals surface area contributed by atoms with E-state index in [1.807, 2.05) is 0 Å². The predicted molar refractivity (Wildman–Crippen MR) is 100 cm³/mol. The first-order chi connectivity index (χ1) is 12.8. The second-order valence-corrected chi connectivity index (χ2v) is 6.07. The smallest absolute Gasteiger partial charge is 0.279 e. The Hall–Kier alpha value is -3.06. The number of Topliss-reactive ketones (excluding diaryl/α,β-unsaturated/α-hetero) is 1. The maximum absolute atomic E-state index is 12.2. The van der Waals surface area contributed by atoms with Gasteiger partial charge in [0.15, 0.2) is 11.9 Å². The fourth-order valence-electron chi connectivity index (χ4n) is 2.17. The van der Waals surface area contributed by atoms with Crippen molar-refractivity contribution in [3.05, 3.63) is 58.6 Å². The van der Waals surface area contributed by atoms with Crippen LogP contribution in [0, 0.1) is 0 Å². The first kappa shape index (κ1) is 20.3. The number of methoxy groups -OCH3 is 1. The Morgan fingerprint density at radius 1 is 1.04 bits per heavy atom. The normalized spacial score (nSPS) is 11.3. The van der Waals surface area contributed by atoms with Crippen molar-refractivity contribution in [3.63, 3.8) is 0 Å². The highest BCUT2D eigenvalue weighted by molar-refractivity contribution is 6.31. The minimum atomic E-state index is -0.880. The van der Waals surface area contributed by atoms with Crippen LogP contribution in [0.3, 0.4) is 0 Å². The molecule has 2 rings (SSSR count). The maximum Gasteiger partial charge on any atom is 0.279 e. The Kier molecular flexibility index (Phi) is 6.79. The van der Waals surface area contributed by atoms with Gasteiger partial charge in [0.1, 0.15) is 11.5 Å². The number of benzene rings is 2. The number of hydrazine groups is 1. The summed E-state index contributed by atoms with van der Waals surface area (Å²) >= 11 is 5.89. The Labute approximate surface area is 161 Å². The molecule has 8 heteroatoms. The molecule has 0 saturated carbocycles. The van der Waals surface area contributed by atoms with Gasteiger partial charge in [0, 0.05) is 10.6 Å². The van der Waals surface area contributed by atoms with Crippen LogP contribution in [0.15, 0.2) is 42.5 Å². The van der Waals surface area contributed by atoms with Crippen molar-refractivity contribution in [2.45, 2.75) is 20.0 Å². The molecule has 2 amide bonds. The Morgan fingerprint density at radius 2 is 1.70 bits per heavy atom. The summed E-state index contributed by atoms with van der Waals surface area (Å²) in [6, 6.07) is 11.0. The lowest BCUT2D eigenvalue weighted by Gasteiger charge is -2.16. The zero-order chi connectivity index (χ0) is 20.0. The monoisotopic (exact) mass is 390 g/mol. The Bertz CT molecular complexity index is 852. The maximum atomic E-state index is 12.2. The molecule has 1 atom stereocenters. The quantitative estimate of drug-likeness (QED) is 0.584. The van der Waals surface area contributed by atoms with E-state index in [9.17, 15) is 14.4 Å². The molecule has 0 saturated heterocycles. The van der Waals surface area contributed by atoms with Crippen LogP contribution in [-0.4, -0.2) is 30.8 Å². The van der Waals surface area contributed by atoms with Crippen LogP contribution in [-0.2, 0) is 4.79 Å². The van der Waals surface area contributed by atoms with Crippen molar-refractivity contribution in [3.8, 4) is 11.5 Å². The van der Waals surface area contributed by atoms with Crippen molar-refractivity contribution in [2.24, 2.45) is 0 Å². The fourth-order valence-corrected chi connectivity index (χ4v) is 2.34. The molecule has 2 N–H and O–H groups in total. The molecule has 0 aromatic heterocycles. The number of rotatable bonds is 6. The summed E-state index contributed by atoms with van der Waals surface area (Å²) in [6.45, 7) is 2.99. The van der Waals surface area contributed by atoms with E-state index in [1.165, 1.54) is 27.0 Å². The van der Waals surface area contributed by atoms with Crippen LogP contribution in [0.1, 0.15) is 34.6 Å². The Morgan fingerprint density at radius 3 is 2.30 bits per heavy atom. The van der Waals surface area contributed by atoms with E-state index in [1.54, 1.807) is 36.4 Å². The number of carbonyl (C=O) groups excluding carboxylic acids is 3. The number of hydrogen-bond donors (Lipinski definition) is 2. The summed E-state index contributed by atoms with van der Waals surface area (Å²) < 4.78 is 10.6. The molecule has 2 aromatic carbocycles. The van der Waals surface area contributed by atoms with E-state index in [0.29, 0.717) is 22.1 Å². The summed E-state index contributed by atoms with van der Waals surface area (Å²) in [6.07, 6.45) is -0.880. The molecule has 142 valence electrons. The predicted octanol–water partition coefficient (Wildman–Crippen LogP) is 2.78. The Balaban J connectivity index is 1.93. The van der Waals surface area contributed by atoms with Gasteiger partial charge in [-0.15, -0.1) is 0 Å². The van der Waals surface area contributed by atoms with Crippen LogP contribution in [0.25, 0.3) is 0 Å². The van der Waals surface area contributed by atoms with E-state index in [-0.39, 0.29) is 11.3 Å². The zero-order valence-electron chi connectivity index (χ0n) is 15.0. The van der Waals surface area contributed by atoms with Gasteiger partial charge in [-0.2, -0.15) is 0 Å². The molecule has 0 aliphatic heterocycles. The molecule has 0 heterocycles. The molecule has 0 fully saturated rings. The van der Waals surface area contributed by atoms with Gasteiger partial charge in [-0.05, 0) is 56.3 Å². The van der Waals surface area contributed by atoms with E-state index in [4.69, 9.17) is 21.1 Å². The highest BCUT2D eigenvalue weighted by atomic mass is 35.5. The average molecular weight is 391 g/mol. The second kappa shape index (κ2) is 9.05. The van der Waals surface area contributed by atoms with Gasteiger partial charge < -0.3 is 9.47 Å². The van der Waals surface area contributed by atoms with Crippen LogP contribution in [0.2, 0.25) is 5.02 Å². The molecular weight excluding hydrogens is 372 g/mol. The summed E-state index contributed by atoms with van der Waals surface area (Å²) in [7, 11) is 1.42. The SMILES string of the molecule is COc1ccc(Cl)cc1C(=O)NNC(=O)C(C)Oc1ccc(C(C)=O)cc1. The minimum absolute atomic E-state index is 0.0634. The largest absolute Gasteiger partial charge is 0.496 e. The summed E-state index contributed by atoms with van der Waals surface area (Å²) in [5.41, 5.74) is 5.30. The van der Waals surface area contributed by atoms with Crippen molar-refractivity contribution < 1.29 is 23.9 Å². The van der Waals surface area contributed by atoms with Crippen molar-refractivity contribution in [2.75, 3.05) is 7.11 Å². The number of carbonyl (C=O) groups is 3. The molecule has 0 aliphatic rings. The topological polar surface area (TPSA) is 93.7 Å². The molecule has 0 radical (unpaired) electrons. The van der Waals surface area contributed by atoms with Gasteiger partial charge in [0.25, 0.3) is 11.8 Å². The molecule has 1 unspecified atom stereocenters. The van der Waals surface area contributed by atoms with Crippen LogP contribution in [0.5, 0.6) is 11.5 Å². The standard InChI is InChI=1S/C19H19ClN2O5/c1-11(23)13-4-7-15(8-5-13)27-12(2)18(24)21-22-19(25)16-10-14(20)6-9-17(16)26-3/h4-10,12H,1-3H3,(H,21,24)(H,22,25). The van der Waals surface area contributed by atoms with Gasteiger partial charge in [-0.1, -0.05) is 11.6 Å². The summed E-state index contributed by atoms with van der Waals surface area (Å²) in [5.74, 6) is -0.460. The van der Waals surface area contributed by atoms with Crippen molar-refractivity contribution >= 4 is 29.2 Å². The van der Waals surface area contributed by atoms with Crippen LogP contribution >= 0.6 is 11.6 Å². The van der Waals surface area contributed by atoms with Crippen molar-refractivity contribution in [1.82, 2.24) is 10.9 Å². The van der Waals surface area contributed by atoms with Crippen LogP contribution < -0.4 is 20.3 Å². The molecule has 0 aliphatic carbocycles. The van der Waals surface area contributed by atoms with Gasteiger partial charge in [0.05, 0.1) is 12.7 Å². The number of nitrogens with one attached hydrogen (secondary N) is 2. The number of amides is 2. The lowest BCUT2D eigenvalue weighted by atomic mass is 10.1. The number of ketones is 1. The third-order valence-corrected chi connectivity index (χ3v) is 3.88. The number of halogens is 1. The summed E-state index contributed by atoms with van der Waals surface area (Å²) in [4.78, 5) is 35.6. The van der Waals surface area contributed by atoms with E-state index >= 15 is 0 Å². The zero-order valence-corrected chi connectivity index (χ0v) is 15.8. The second-order valence-electron chi connectivity index (χ2n) is 5.63. The van der Waals surface area contributed by atoms with Crippen LogP contribution in [0.4, 0.5) is 0 Å². The third kappa shape index (κ3) is 5.46. The minimum Gasteiger partial charge on any atom is -0.496 e. The van der Waals surface area contributed by atoms with Gasteiger partial charge in [-0.3, -0.25) is 25.2 Å². The fraction of sp³-hybridized carbons (Fsp3) is 0.211. The average Bonchev–Trinajstić information content (AvgIpc) is 2.66. The van der Waals surface area contributed by atoms with E-state index in [2.05, 4.69) is 10.9 Å². The lowest BCUT2D eigenvalue weighted by Crippen LogP contribution is -2.47. The van der Waals surface area contributed by atoms with Crippen molar-refractivity contribution in [1.29, 1.82) is 0 Å². The van der Waals surface area contributed by atoms with Gasteiger partial charge in [-0.25, -0.2) is 0 Å². The molecule has 0 bridgehead atoms. The summed E-state index contributed by atoms with van der Waals surface area (Å²) in [5, 5.41) is 0.359. The molecular formula is C19H19ClN2O5. The first-order valence-electron chi connectivity index (χ1n) is 8.03. The highest BCUT2D eigenvalue weighted by Crippen LogP contribution is 2.22.